The zero-order chi connectivity index (χ0) is 32.7. The highest BCUT2D eigenvalue weighted by Gasteiger charge is 2.32. The van der Waals surface area contributed by atoms with Gasteiger partial charge in [-0.25, -0.2) is 4.98 Å². The number of aromatic nitrogens is 2. The van der Waals surface area contributed by atoms with Gasteiger partial charge in [0.2, 0.25) is 0 Å². The van der Waals surface area contributed by atoms with E-state index in [1.54, 1.807) is 11.8 Å². The number of hydrogen-bond acceptors (Lipinski definition) is 7. The normalized spacial score (nSPS) is 17.6. The molecule has 0 bridgehead atoms. The average Bonchev–Trinajstić information content (AvgIpc) is 3.16. The molecule has 8 heteroatoms. The number of aliphatic hydroxyl groups excluding tert-OH is 1. The lowest BCUT2D eigenvalue weighted by molar-refractivity contribution is -0.245. The first-order valence-corrected chi connectivity index (χ1v) is 17.0. The summed E-state index contributed by atoms with van der Waals surface area (Å²) < 4.78 is 13.1. The number of fused-ring (bicyclic) bond motifs is 1. The van der Waals surface area contributed by atoms with Gasteiger partial charge >= 0.3 is 0 Å². The second-order valence-corrected chi connectivity index (χ2v) is 12.8. The first kappa shape index (κ1) is 31.7. The van der Waals surface area contributed by atoms with Crippen molar-refractivity contribution in [1.29, 1.82) is 0 Å². The van der Waals surface area contributed by atoms with Gasteiger partial charge in [-0.3, -0.25) is 9.78 Å². The maximum atomic E-state index is 13.0. The molecule has 1 saturated heterocycles. The standard InChI is InChI=1S/C40H35N3O4S/c44-25-27-14-16-29(17-15-27)38-22-32(26-48-33-9-2-1-3-10-33)46-40(47-38)30-20-18-28(19-21-30)34-11-5-4-8-31(34)23-42-39(45)37-24-41-35-12-6-7-13-36(35)43-37/h1-21,24,32,38,40,44H,22-23,25-26H2,(H,42,45)/t32-,38+,40+/m0/s1. The number of amides is 1. The van der Waals surface area contributed by atoms with Crippen molar-refractivity contribution in [3.05, 3.63) is 162 Å². The smallest absolute Gasteiger partial charge is 0.271 e. The predicted octanol–water partition coefficient (Wildman–Crippen LogP) is 8.06. The number of aliphatic hydroxyl groups is 1. The molecule has 5 aromatic carbocycles. The lowest BCUT2D eigenvalue weighted by Crippen LogP contribution is -2.31. The summed E-state index contributed by atoms with van der Waals surface area (Å²) in [7, 11) is 0. The number of nitrogens with one attached hydrogen (secondary N) is 1. The lowest BCUT2D eigenvalue weighted by Gasteiger charge is -2.36. The average molecular weight is 654 g/mol. The molecule has 2 heterocycles. The van der Waals surface area contributed by atoms with Crippen molar-refractivity contribution in [2.45, 2.75) is 43.0 Å². The molecule has 1 fully saturated rings. The summed E-state index contributed by atoms with van der Waals surface area (Å²) in [5, 5.41) is 12.5. The number of benzene rings is 5. The molecular weight excluding hydrogens is 619 g/mol. The second kappa shape index (κ2) is 14.9. The van der Waals surface area contributed by atoms with Crippen LogP contribution in [0, 0.1) is 0 Å². The molecule has 0 unspecified atom stereocenters. The van der Waals surface area contributed by atoms with Gasteiger partial charge in [0.15, 0.2) is 6.29 Å². The van der Waals surface area contributed by atoms with Gasteiger partial charge in [-0.05, 0) is 52.1 Å². The highest BCUT2D eigenvalue weighted by atomic mass is 32.2. The fraction of sp³-hybridized carbons (Fsp3) is 0.175. The van der Waals surface area contributed by atoms with Gasteiger partial charge in [0, 0.05) is 29.2 Å². The van der Waals surface area contributed by atoms with E-state index in [1.807, 2.05) is 72.8 Å². The van der Waals surface area contributed by atoms with Gasteiger partial charge in [0.05, 0.1) is 36.0 Å². The van der Waals surface area contributed by atoms with Crippen LogP contribution in [-0.4, -0.2) is 32.8 Å². The maximum Gasteiger partial charge on any atom is 0.271 e. The zero-order valence-electron chi connectivity index (χ0n) is 26.2. The Hall–Kier alpha value is -4.86. The van der Waals surface area contributed by atoms with E-state index in [1.165, 1.54) is 11.1 Å². The van der Waals surface area contributed by atoms with Crippen molar-refractivity contribution in [2.75, 3.05) is 5.75 Å². The summed E-state index contributed by atoms with van der Waals surface area (Å²) in [5.74, 6) is 0.530. The van der Waals surface area contributed by atoms with Crippen molar-refractivity contribution < 1.29 is 19.4 Å². The Kier molecular flexibility index (Phi) is 9.86. The van der Waals surface area contributed by atoms with E-state index in [0.29, 0.717) is 12.1 Å². The molecule has 7 nitrogen and oxygen atoms in total. The molecule has 0 radical (unpaired) electrons. The first-order chi connectivity index (χ1) is 23.6. The van der Waals surface area contributed by atoms with E-state index in [0.717, 1.165) is 51.1 Å². The topological polar surface area (TPSA) is 93.6 Å². The third kappa shape index (κ3) is 7.48. The molecule has 2 N–H and O–H groups in total. The van der Waals surface area contributed by atoms with E-state index >= 15 is 0 Å². The van der Waals surface area contributed by atoms with Gasteiger partial charge in [-0.1, -0.05) is 103 Å². The fourth-order valence-corrected chi connectivity index (χ4v) is 6.78. The Morgan fingerprint density at radius 2 is 1.50 bits per heavy atom. The van der Waals surface area contributed by atoms with E-state index in [4.69, 9.17) is 9.47 Å². The highest BCUT2D eigenvalue weighted by molar-refractivity contribution is 7.99. The van der Waals surface area contributed by atoms with Crippen LogP contribution in [0.3, 0.4) is 0 Å². The molecule has 0 spiro atoms. The molecular formula is C40H35N3O4S. The van der Waals surface area contributed by atoms with E-state index < -0.39 is 6.29 Å². The van der Waals surface area contributed by atoms with Gasteiger partial charge in [0.1, 0.15) is 5.69 Å². The fourth-order valence-electron chi connectivity index (χ4n) is 5.84. The van der Waals surface area contributed by atoms with Crippen LogP contribution >= 0.6 is 11.8 Å². The Bertz CT molecular complexity index is 1990. The number of carbonyl (C=O) groups excluding carboxylic acids is 1. The minimum atomic E-state index is -0.533. The molecule has 0 saturated carbocycles. The number of ether oxygens (including phenoxy) is 2. The van der Waals surface area contributed by atoms with Crippen molar-refractivity contribution in [2.24, 2.45) is 0 Å². The van der Waals surface area contributed by atoms with Crippen molar-refractivity contribution in [1.82, 2.24) is 15.3 Å². The third-order valence-corrected chi connectivity index (χ3v) is 9.57. The van der Waals surface area contributed by atoms with Crippen LogP contribution in [-0.2, 0) is 22.6 Å². The maximum absolute atomic E-state index is 13.0. The lowest BCUT2D eigenvalue weighted by atomic mass is 9.97. The summed E-state index contributed by atoms with van der Waals surface area (Å²) in [4.78, 5) is 23.0. The summed E-state index contributed by atoms with van der Waals surface area (Å²) in [5.41, 5.74) is 7.63. The Balaban J connectivity index is 1.07. The summed E-state index contributed by atoms with van der Waals surface area (Å²) in [6.45, 7) is 0.354. The number of carbonyl (C=O) groups is 1. The number of hydrogen-bond donors (Lipinski definition) is 2. The summed E-state index contributed by atoms with van der Waals surface area (Å²) in [6, 6.07) is 42.1. The van der Waals surface area contributed by atoms with Crippen LogP contribution < -0.4 is 5.32 Å². The largest absolute Gasteiger partial charge is 0.392 e. The second-order valence-electron chi connectivity index (χ2n) is 11.7. The van der Waals surface area contributed by atoms with E-state index in [9.17, 15) is 9.90 Å². The van der Waals surface area contributed by atoms with Crippen LogP contribution in [0.2, 0.25) is 0 Å². The highest BCUT2D eigenvalue weighted by Crippen LogP contribution is 2.40. The third-order valence-electron chi connectivity index (χ3n) is 8.43. The van der Waals surface area contributed by atoms with E-state index in [2.05, 4.69) is 69.9 Å². The SMILES string of the molecule is O=C(NCc1ccccc1-c1ccc([C@@H]2O[C@H](CSc3ccccc3)C[C@H](c3ccc(CO)cc3)O2)cc1)c1cnc2ccccc2n1. The molecule has 3 atom stereocenters. The number of thioether (sulfide) groups is 1. The minimum absolute atomic E-state index is 0.00880. The molecule has 0 aliphatic carbocycles. The van der Waals surface area contributed by atoms with Gasteiger partial charge < -0.3 is 19.9 Å². The zero-order valence-corrected chi connectivity index (χ0v) is 27.1. The Morgan fingerprint density at radius 1 is 0.792 bits per heavy atom. The molecule has 48 heavy (non-hydrogen) atoms. The van der Waals surface area contributed by atoms with Crippen LogP contribution in [0.15, 0.2) is 138 Å². The summed E-state index contributed by atoms with van der Waals surface area (Å²) >= 11 is 1.78. The first-order valence-electron chi connectivity index (χ1n) is 16.0. The van der Waals surface area contributed by atoms with Gasteiger partial charge in [0.25, 0.3) is 5.91 Å². The molecule has 1 aliphatic rings. The number of nitrogens with zero attached hydrogens (tertiary/aromatic N) is 2. The molecule has 1 amide bonds. The number of para-hydroxylation sites is 2. The predicted molar refractivity (Wildman–Crippen MR) is 188 cm³/mol. The monoisotopic (exact) mass is 653 g/mol. The summed E-state index contributed by atoms with van der Waals surface area (Å²) in [6.07, 6.45) is 1.55. The minimum Gasteiger partial charge on any atom is -0.392 e. The Morgan fingerprint density at radius 3 is 2.29 bits per heavy atom. The quantitative estimate of drug-likeness (QED) is 0.145. The molecule has 1 aliphatic heterocycles. The number of rotatable bonds is 10. The molecule has 240 valence electrons. The van der Waals surface area contributed by atoms with E-state index in [-0.39, 0.29) is 30.4 Å². The van der Waals surface area contributed by atoms with Crippen molar-refractivity contribution >= 4 is 28.7 Å². The van der Waals surface area contributed by atoms with Crippen LogP contribution in [0.5, 0.6) is 0 Å². The molecule has 7 rings (SSSR count). The van der Waals surface area contributed by atoms with Crippen LogP contribution in [0.4, 0.5) is 0 Å². The van der Waals surface area contributed by atoms with Gasteiger partial charge in [-0.15, -0.1) is 11.8 Å². The Labute approximate surface area is 284 Å². The van der Waals surface area contributed by atoms with Crippen LogP contribution in [0.1, 0.15) is 51.6 Å². The molecule has 1 aromatic heterocycles. The van der Waals surface area contributed by atoms with Crippen LogP contribution in [0.25, 0.3) is 22.2 Å². The van der Waals surface area contributed by atoms with Crippen molar-refractivity contribution in [3.63, 3.8) is 0 Å². The van der Waals surface area contributed by atoms with Crippen molar-refractivity contribution in [3.8, 4) is 11.1 Å². The van der Waals surface area contributed by atoms with Gasteiger partial charge in [-0.2, -0.15) is 0 Å². The molecule has 6 aromatic rings.